The number of hydrogen-bond acceptors (Lipinski definition) is 2. The second-order valence-corrected chi connectivity index (χ2v) is 9.64. The number of sulfonamides is 1. The van der Waals surface area contributed by atoms with Crippen LogP contribution in [0.4, 0.5) is 0 Å². The number of aromatic amines is 1. The third-order valence-corrected chi connectivity index (χ3v) is 6.27. The Morgan fingerprint density at radius 2 is 1.75 bits per heavy atom. The number of quaternary nitrogens is 1. The van der Waals surface area contributed by atoms with Crippen molar-refractivity contribution in [2.45, 2.75) is 18.7 Å². The molecule has 1 heterocycles. The van der Waals surface area contributed by atoms with E-state index in [4.69, 9.17) is 0 Å². The van der Waals surface area contributed by atoms with Gasteiger partial charge in [-0.3, -0.25) is 0 Å². The highest BCUT2D eigenvalue weighted by atomic mass is 79.9. The third kappa shape index (κ3) is 5.91. The zero-order valence-electron chi connectivity index (χ0n) is 16.6. The number of aromatic nitrogens is 1. The van der Waals surface area contributed by atoms with Gasteiger partial charge in [0.25, 0.3) is 0 Å². The summed E-state index contributed by atoms with van der Waals surface area (Å²) in [7, 11) is 2.66. The van der Waals surface area contributed by atoms with Crippen molar-refractivity contribution in [3.05, 3.63) is 71.4 Å². The number of nitrogens with one attached hydrogen (secondary N) is 2. The first-order valence-electron chi connectivity index (χ1n) is 9.14. The Morgan fingerprint density at radius 1 is 1.04 bits per heavy atom. The number of likely N-dealkylation sites (N-methyl/N-ethyl adjacent to an activating group) is 1. The molecule has 0 aliphatic carbocycles. The molecule has 3 aromatic rings. The van der Waals surface area contributed by atoms with Crippen LogP contribution in [-0.4, -0.2) is 45.6 Å². The molecular weight excluding hydrogens is 438 g/mol. The number of halogens is 1. The second-order valence-electron chi connectivity index (χ2n) is 7.71. The van der Waals surface area contributed by atoms with Crippen molar-refractivity contribution in [1.82, 2.24) is 9.71 Å². The lowest BCUT2D eigenvalue weighted by Crippen LogP contribution is -3.00. The summed E-state index contributed by atoms with van der Waals surface area (Å²) < 4.78 is 26.9. The quantitative estimate of drug-likeness (QED) is 0.461. The van der Waals surface area contributed by atoms with Crippen LogP contribution in [0.15, 0.2) is 54.7 Å². The van der Waals surface area contributed by atoms with Gasteiger partial charge >= 0.3 is 0 Å². The van der Waals surface area contributed by atoms with Gasteiger partial charge in [0, 0.05) is 29.1 Å². The Hall–Kier alpha value is -1.67. The lowest BCUT2D eigenvalue weighted by atomic mass is 10.1. The second kappa shape index (κ2) is 9.22. The summed E-state index contributed by atoms with van der Waals surface area (Å²) in [4.78, 5) is 3.31. The lowest BCUT2D eigenvalue weighted by molar-refractivity contribution is -0.903. The van der Waals surface area contributed by atoms with Gasteiger partial charge in [0.15, 0.2) is 0 Å². The van der Waals surface area contributed by atoms with Gasteiger partial charge in [-0.05, 0) is 30.3 Å². The number of rotatable bonds is 8. The maximum atomic E-state index is 11.8. The van der Waals surface area contributed by atoms with Crippen molar-refractivity contribution < 1.29 is 29.9 Å². The summed E-state index contributed by atoms with van der Waals surface area (Å²) in [5.74, 6) is -0.000374. The molecule has 152 valence electrons. The van der Waals surface area contributed by atoms with Crippen molar-refractivity contribution in [3.8, 4) is 0 Å². The first-order valence-corrected chi connectivity index (χ1v) is 10.8. The van der Waals surface area contributed by atoms with E-state index in [0.717, 1.165) is 40.5 Å². The molecule has 5 nitrogen and oxygen atoms in total. The number of benzene rings is 2. The molecule has 0 spiro atoms. The standard InChI is InChI=1S/C21H28N3O2S.BrH/c1-22-27(25,26)16-18-9-10-21-20(13-18)19(14-23-21)11-12-24(2,3)15-17-7-5-4-6-8-17;/h4-10,13-14,22-23H,11-12,15-16H2,1-3H3;1H/q+1;/p-1. The van der Waals surface area contributed by atoms with Gasteiger partial charge in [-0.2, -0.15) is 0 Å². The molecule has 3 rings (SSSR count). The number of fused-ring (bicyclic) bond motifs is 1. The van der Waals surface area contributed by atoms with Gasteiger partial charge < -0.3 is 26.4 Å². The van der Waals surface area contributed by atoms with Crippen LogP contribution in [0.25, 0.3) is 10.9 Å². The molecule has 28 heavy (non-hydrogen) atoms. The van der Waals surface area contributed by atoms with Crippen LogP contribution in [0.1, 0.15) is 16.7 Å². The largest absolute Gasteiger partial charge is 1.00 e. The molecule has 0 aliphatic rings. The van der Waals surface area contributed by atoms with E-state index in [9.17, 15) is 8.42 Å². The molecule has 0 unspecified atom stereocenters. The highest BCUT2D eigenvalue weighted by Gasteiger charge is 2.17. The van der Waals surface area contributed by atoms with Crippen molar-refractivity contribution in [3.63, 3.8) is 0 Å². The van der Waals surface area contributed by atoms with E-state index in [2.05, 4.69) is 48.1 Å². The van der Waals surface area contributed by atoms with Crippen LogP contribution in [0.5, 0.6) is 0 Å². The van der Waals surface area contributed by atoms with Crippen LogP contribution in [-0.2, 0) is 28.7 Å². The minimum Gasteiger partial charge on any atom is -1.00 e. The van der Waals surface area contributed by atoms with Crippen molar-refractivity contribution in [2.75, 3.05) is 27.7 Å². The fourth-order valence-electron chi connectivity index (χ4n) is 3.39. The van der Waals surface area contributed by atoms with Gasteiger partial charge in [-0.15, -0.1) is 0 Å². The maximum Gasteiger partial charge on any atom is 0.215 e. The summed E-state index contributed by atoms with van der Waals surface area (Å²) in [6.45, 7) is 1.98. The lowest BCUT2D eigenvalue weighted by Gasteiger charge is -2.30. The third-order valence-electron chi connectivity index (χ3n) is 4.94. The fourth-order valence-corrected chi connectivity index (χ4v) is 4.16. The zero-order chi connectivity index (χ0) is 19.5. The average molecular weight is 466 g/mol. The van der Waals surface area contributed by atoms with Crippen LogP contribution in [0.3, 0.4) is 0 Å². The number of hydrogen-bond donors (Lipinski definition) is 2. The molecule has 0 amide bonds. The zero-order valence-corrected chi connectivity index (χ0v) is 19.0. The monoisotopic (exact) mass is 465 g/mol. The Morgan fingerprint density at radius 3 is 2.43 bits per heavy atom. The van der Waals surface area contributed by atoms with E-state index in [1.165, 1.54) is 18.2 Å². The van der Waals surface area contributed by atoms with Crippen molar-refractivity contribution >= 4 is 20.9 Å². The Labute approximate surface area is 178 Å². The normalized spacial score (nSPS) is 12.1. The first kappa shape index (κ1) is 22.6. The van der Waals surface area contributed by atoms with Crippen LogP contribution in [0, 0.1) is 0 Å². The molecule has 0 saturated carbocycles. The fraction of sp³-hybridized carbons (Fsp3) is 0.333. The highest BCUT2D eigenvalue weighted by molar-refractivity contribution is 7.88. The molecule has 2 aromatic carbocycles. The molecule has 0 aliphatic heterocycles. The van der Waals surface area contributed by atoms with Crippen LogP contribution >= 0.6 is 0 Å². The number of H-pyrrole nitrogens is 1. The maximum absolute atomic E-state index is 11.8. The van der Waals surface area contributed by atoms with Crippen LogP contribution in [0.2, 0.25) is 0 Å². The topological polar surface area (TPSA) is 62.0 Å². The average Bonchev–Trinajstić information content (AvgIpc) is 3.03. The molecular formula is C21H28BrN3O2S. The molecule has 0 fully saturated rings. The predicted octanol–water partition coefficient (Wildman–Crippen LogP) is 0.0402. The van der Waals surface area contributed by atoms with E-state index in [1.807, 2.05) is 30.5 Å². The molecule has 1 aromatic heterocycles. The van der Waals surface area contributed by atoms with Crippen molar-refractivity contribution in [2.24, 2.45) is 0 Å². The smallest absolute Gasteiger partial charge is 0.215 e. The van der Waals surface area contributed by atoms with Gasteiger partial charge in [0.1, 0.15) is 6.54 Å². The first-order chi connectivity index (χ1) is 12.8. The molecule has 0 atom stereocenters. The Kier molecular flexibility index (Phi) is 7.45. The van der Waals surface area contributed by atoms with E-state index in [-0.39, 0.29) is 22.7 Å². The highest BCUT2D eigenvalue weighted by Crippen LogP contribution is 2.22. The predicted molar refractivity (Wildman–Crippen MR) is 111 cm³/mol. The number of nitrogens with zero attached hydrogens (tertiary/aromatic N) is 1. The van der Waals surface area contributed by atoms with Gasteiger partial charge in [-0.25, -0.2) is 13.1 Å². The Bertz CT molecular complexity index is 1010. The van der Waals surface area contributed by atoms with Crippen molar-refractivity contribution in [1.29, 1.82) is 0 Å². The SMILES string of the molecule is CNS(=O)(=O)Cc1ccc2[nH]cc(CC[N+](C)(C)Cc3ccccc3)c2c1.[Br-]. The van der Waals surface area contributed by atoms with E-state index in [0.29, 0.717) is 0 Å². The van der Waals surface area contributed by atoms with E-state index in [1.54, 1.807) is 0 Å². The summed E-state index contributed by atoms with van der Waals surface area (Å²) in [6.07, 6.45) is 2.98. The summed E-state index contributed by atoms with van der Waals surface area (Å²) in [6, 6.07) is 16.4. The van der Waals surface area contributed by atoms with Gasteiger partial charge in [-0.1, -0.05) is 36.4 Å². The molecule has 7 heteroatoms. The molecule has 0 saturated heterocycles. The molecule has 2 N–H and O–H groups in total. The summed E-state index contributed by atoms with van der Waals surface area (Å²) in [5, 5.41) is 1.11. The van der Waals surface area contributed by atoms with Gasteiger partial charge in [0.2, 0.25) is 10.0 Å². The Balaban J connectivity index is 0.00000280. The van der Waals surface area contributed by atoms with E-state index >= 15 is 0 Å². The van der Waals surface area contributed by atoms with Gasteiger partial charge in [0.05, 0.1) is 26.4 Å². The van der Waals surface area contributed by atoms with Crippen LogP contribution < -0.4 is 21.7 Å². The van der Waals surface area contributed by atoms with E-state index < -0.39 is 10.0 Å². The summed E-state index contributed by atoms with van der Waals surface area (Å²) >= 11 is 0. The molecule has 0 radical (unpaired) electrons. The molecule has 0 bridgehead atoms. The minimum absolute atomic E-state index is 0. The summed E-state index contributed by atoms with van der Waals surface area (Å²) in [5.41, 5.74) is 4.41. The minimum atomic E-state index is -3.27.